The number of aliphatic carboxylic acids is 1. The summed E-state index contributed by atoms with van der Waals surface area (Å²) in [6.45, 7) is 0. The van der Waals surface area contributed by atoms with Gasteiger partial charge in [-0.3, -0.25) is 9.59 Å². The summed E-state index contributed by atoms with van der Waals surface area (Å²) in [5, 5.41) is 21.5. The Morgan fingerprint density at radius 2 is 1.58 bits per heavy atom. The number of carboxylic acid groups (broad SMARTS) is 1. The fourth-order valence-electron chi connectivity index (χ4n) is 2.34. The molecule has 2 aromatic carbocycles. The lowest BCUT2D eigenvalue weighted by Crippen LogP contribution is -2.42. The van der Waals surface area contributed by atoms with E-state index in [-0.39, 0.29) is 30.8 Å². The largest absolute Gasteiger partial charge is 0.508 e. The lowest BCUT2D eigenvalue weighted by atomic mass is 10.0. The number of ketones is 1. The second kappa shape index (κ2) is 9.01. The van der Waals surface area contributed by atoms with Crippen molar-refractivity contribution in [1.82, 2.24) is 5.32 Å². The van der Waals surface area contributed by atoms with Crippen LogP contribution in [-0.4, -0.2) is 33.9 Å². The fourth-order valence-corrected chi connectivity index (χ4v) is 2.47. The van der Waals surface area contributed by atoms with E-state index in [0.717, 1.165) is 0 Å². The van der Waals surface area contributed by atoms with Crippen LogP contribution in [0.1, 0.15) is 28.8 Å². The average Bonchev–Trinajstić information content (AvgIpc) is 2.61. The molecule has 7 heteroatoms. The van der Waals surface area contributed by atoms with Crippen molar-refractivity contribution < 1.29 is 24.6 Å². The number of nitrogens with one attached hydrogen (secondary N) is 1. The van der Waals surface area contributed by atoms with Crippen LogP contribution in [-0.2, 0) is 16.0 Å². The number of hydrogen-bond donors (Lipinski definition) is 3. The number of amides is 1. The van der Waals surface area contributed by atoms with Gasteiger partial charge in [-0.15, -0.1) is 0 Å². The lowest BCUT2D eigenvalue weighted by molar-refractivity contribution is -0.141. The number of carbonyl (C=O) groups excluding carboxylic acids is 2. The maximum Gasteiger partial charge on any atom is 0.326 e. The molecule has 0 saturated heterocycles. The van der Waals surface area contributed by atoms with Crippen molar-refractivity contribution in [2.75, 3.05) is 0 Å². The molecule has 0 aromatic heterocycles. The number of halogens is 1. The van der Waals surface area contributed by atoms with Crippen molar-refractivity contribution in [3.63, 3.8) is 0 Å². The molecule has 0 aliphatic carbocycles. The first-order valence-electron chi connectivity index (χ1n) is 7.94. The van der Waals surface area contributed by atoms with Crippen LogP contribution in [0.15, 0.2) is 48.5 Å². The summed E-state index contributed by atoms with van der Waals surface area (Å²) < 4.78 is 0. The maximum absolute atomic E-state index is 12.0. The summed E-state index contributed by atoms with van der Waals surface area (Å²) in [6.07, 6.45) is -0.0632. The zero-order valence-corrected chi connectivity index (χ0v) is 14.6. The first-order chi connectivity index (χ1) is 12.3. The third-order valence-corrected chi connectivity index (χ3v) is 4.01. The van der Waals surface area contributed by atoms with Gasteiger partial charge in [0.15, 0.2) is 5.78 Å². The second-order valence-corrected chi connectivity index (χ2v) is 6.20. The van der Waals surface area contributed by atoms with Crippen molar-refractivity contribution >= 4 is 29.3 Å². The van der Waals surface area contributed by atoms with Gasteiger partial charge < -0.3 is 15.5 Å². The minimum atomic E-state index is -1.17. The van der Waals surface area contributed by atoms with Gasteiger partial charge in [0.05, 0.1) is 0 Å². The molecule has 2 rings (SSSR count). The molecule has 26 heavy (non-hydrogen) atoms. The molecular formula is C19H18ClNO5. The molecule has 6 nitrogen and oxygen atoms in total. The predicted molar refractivity (Wildman–Crippen MR) is 96.4 cm³/mol. The van der Waals surface area contributed by atoms with Gasteiger partial charge in [0.25, 0.3) is 0 Å². The van der Waals surface area contributed by atoms with Gasteiger partial charge in [-0.05, 0) is 42.0 Å². The molecule has 0 radical (unpaired) electrons. The van der Waals surface area contributed by atoms with E-state index in [0.29, 0.717) is 16.1 Å². The van der Waals surface area contributed by atoms with E-state index in [4.69, 9.17) is 11.6 Å². The molecule has 0 spiro atoms. The zero-order valence-electron chi connectivity index (χ0n) is 13.8. The van der Waals surface area contributed by atoms with Crippen LogP contribution in [0.4, 0.5) is 0 Å². The molecule has 3 N–H and O–H groups in total. The minimum Gasteiger partial charge on any atom is -0.508 e. The van der Waals surface area contributed by atoms with Gasteiger partial charge in [-0.25, -0.2) is 4.79 Å². The Labute approximate surface area is 155 Å². The predicted octanol–water partition coefficient (Wildman–Crippen LogP) is 2.82. The number of carbonyl (C=O) groups is 3. The number of aromatic hydroxyl groups is 1. The summed E-state index contributed by atoms with van der Waals surface area (Å²) in [6, 6.07) is 11.3. The molecule has 0 bridgehead atoms. The number of carboxylic acids is 1. The van der Waals surface area contributed by atoms with Crippen LogP contribution >= 0.6 is 11.6 Å². The van der Waals surface area contributed by atoms with Gasteiger partial charge in [-0.1, -0.05) is 23.7 Å². The molecule has 2 aromatic rings. The van der Waals surface area contributed by atoms with Crippen molar-refractivity contribution in [3.8, 4) is 5.75 Å². The maximum atomic E-state index is 12.0. The van der Waals surface area contributed by atoms with Crippen molar-refractivity contribution in [3.05, 3.63) is 64.7 Å². The summed E-state index contributed by atoms with van der Waals surface area (Å²) in [7, 11) is 0. The first kappa shape index (κ1) is 19.5. The van der Waals surface area contributed by atoms with Gasteiger partial charge >= 0.3 is 5.97 Å². The summed E-state index contributed by atoms with van der Waals surface area (Å²) in [5.41, 5.74) is 1.11. The normalized spacial score (nSPS) is 11.6. The molecule has 136 valence electrons. The Balaban J connectivity index is 1.88. The Kier molecular flexibility index (Phi) is 6.74. The summed E-state index contributed by atoms with van der Waals surface area (Å²) in [5.74, 6) is -1.83. The zero-order chi connectivity index (χ0) is 19.1. The van der Waals surface area contributed by atoms with E-state index < -0.39 is 17.9 Å². The molecule has 1 amide bonds. The Bertz CT molecular complexity index is 787. The molecule has 1 unspecified atom stereocenters. The van der Waals surface area contributed by atoms with Crippen molar-refractivity contribution in [2.45, 2.75) is 25.3 Å². The van der Waals surface area contributed by atoms with E-state index in [1.807, 2.05) is 0 Å². The van der Waals surface area contributed by atoms with Crippen LogP contribution in [0.25, 0.3) is 0 Å². The third kappa shape index (κ3) is 5.89. The third-order valence-electron chi connectivity index (χ3n) is 3.75. The van der Waals surface area contributed by atoms with Crippen LogP contribution in [0.5, 0.6) is 5.75 Å². The lowest BCUT2D eigenvalue weighted by Gasteiger charge is -2.14. The molecule has 0 fully saturated rings. The van der Waals surface area contributed by atoms with Crippen LogP contribution in [0.3, 0.4) is 0 Å². The van der Waals surface area contributed by atoms with E-state index in [2.05, 4.69) is 5.32 Å². The highest BCUT2D eigenvalue weighted by Crippen LogP contribution is 2.13. The Morgan fingerprint density at radius 1 is 0.962 bits per heavy atom. The molecular weight excluding hydrogens is 358 g/mol. The van der Waals surface area contributed by atoms with Crippen molar-refractivity contribution in [1.29, 1.82) is 0 Å². The standard InChI is InChI=1S/C19H18ClNO5/c20-14-5-3-13(4-6-14)17(23)9-10-18(24)21-16(19(25)26)11-12-1-7-15(22)8-2-12/h1-8,16,22H,9-11H2,(H,21,24)(H,25,26). The second-order valence-electron chi connectivity index (χ2n) is 5.76. The smallest absolute Gasteiger partial charge is 0.326 e. The van der Waals surface area contributed by atoms with E-state index in [1.165, 1.54) is 12.1 Å². The van der Waals surface area contributed by atoms with E-state index in [1.54, 1.807) is 36.4 Å². The molecule has 1 atom stereocenters. The van der Waals surface area contributed by atoms with Gasteiger partial charge in [-0.2, -0.15) is 0 Å². The Morgan fingerprint density at radius 3 is 2.15 bits per heavy atom. The van der Waals surface area contributed by atoms with Crippen molar-refractivity contribution in [2.24, 2.45) is 0 Å². The molecule has 0 heterocycles. The van der Waals surface area contributed by atoms with Crippen LogP contribution in [0.2, 0.25) is 5.02 Å². The number of phenols is 1. The van der Waals surface area contributed by atoms with Gasteiger partial charge in [0.1, 0.15) is 11.8 Å². The molecule has 0 aliphatic rings. The molecule has 0 saturated carbocycles. The topological polar surface area (TPSA) is 104 Å². The number of phenolic OH excluding ortho intramolecular Hbond substituents is 1. The fraction of sp³-hybridized carbons (Fsp3) is 0.211. The summed E-state index contributed by atoms with van der Waals surface area (Å²) >= 11 is 5.76. The quantitative estimate of drug-likeness (QED) is 0.615. The number of benzene rings is 2. The molecule has 0 aliphatic heterocycles. The summed E-state index contributed by atoms with van der Waals surface area (Å²) in [4.78, 5) is 35.4. The first-order valence-corrected chi connectivity index (χ1v) is 8.32. The van der Waals surface area contributed by atoms with Gasteiger partial charge in [0.2, 0.25) is 5.91 Å². The highest BCUT2D eigenvalue weighted by molar-refractivity contribution is 6.30. The average molecular weight is 376 g/mol. The van der Waals surface area contributed by atoms with E-state index in [9.17, 15) is 24.6 Å². The minimum absolute atomic E-state index is 0.0288. The SMILES string of the molecule is O=C(CCC(=O)c1ccc(Cl)cc1)NC(Cc1ccc(O)cc1)C(=O)O. The van der Waals surface area contributed by atoms with Crippen LogP contribution in [0, 0.1) is 0 Å². The van der Waals surface area contributed by atoms with Crippen LogP contribution < -0.4 is 5.32 Å². The van der Waals surface area contributed by atoms with E-state index >= 15 is 0 Å². The number of Topliss-reactive ketones (excluding diaryl/α,β-unsaturated/α-hetero) is 1. The monoisotopic (exact) mass is 375 g/mol. The Hall–Kier alpha value is -2.86. The highest BCUT2D eigenvalue weighted by atomic mass is 35.5. The van der Waals surface area contributed by atoms with Gasteiger partial charge in [0, 0.05) is 29.8 Å². The highest BCUT2D eigenvalue weighted by Gasteiger charge is 2.21. The number of hydrogen-bond acceptors (Lipinski definition) is 4. The number of rotatable bonds is 8.